The third-order valence-corrected chi connectivity index (χ3v) is 1.72. The molecule has 2 N–H and O–H groups in total. The lowest BCUT2D eigenvalue weighted by Crippen LogP contribution is -2.52. The van der Waals surface area contributed by atoms with Crippen molar-refractivity contribution < 1.29 is 4.74 Å². The molecule has 48 valence electrons. The average Bonchev–Trinajstić information content (AvgIpc) is 1.60. The van der Waals surface area contributed by atoms with Crippen molar-refractivity contribution >= 4 is 0 Å². The minimum Gasteiger partial charge on any atom is -0.381 e. The van der Waals surface area contributed by atoms with Crippen LogP contribution in [0.3, 0.4) is 0 Å². The van der Waals surface area contributed by atoms with E-state index in [1.54, 1.807) is 7.11 Å². The number of hydrogen-bond donors (Lipinski definition) is 1. The van der Waals surface area contributed by atoms with Crippen LogP contribution in [0.15, 0.2) is 0 Å². The van der Waals surface area contributed by atoms with E-state index in [2.05, 4.69) is 6.92 Å². The van der Waals surface area contributed by atoms with Gasteiger partial charge in [0.25, 0.3) is 0 Å². The van der Waals surface area contributed by atoms with E-state index in [0.29, 0.717) is 6.10 Å². The fourth-order valence-corrected chi connectivity index (χ4v) is 1.15. The Morgan fingerprint density at radius 1 is 1.62 bits per heavy atom. The SMILES string of the molecule is COC1CC(C)(N)C1. The molecule has 0 unspecified atom stereocenters. The van der Waals surface area contributed by atoms with E-state index < -0.39 is 0 Å². The van der Waals surface area contributed by atoms with Gasteiger partial charge in [0, 0.05) is 12.6 Å². The first kappa shape index (κ1) is 6.05. The van der Waals surface area contributed by atoms with Crippen LogP contribution in [-0.4, -0.2) is 18.8 Å². The van der Waals surface area contributed by atoms with E-state index in [9.17, 15) is 0 Å². The van der Waals surface area contributed by atoms with Crippen molar-refractivity contribution in [3.63, 3.8) is 0 Å². The fraction of sp³-hybridized carbons (Fsp3) is 1.00. The first-order valence-electron chi connectivity index (χ1n) is 2.96. The van der Waals surface area contributed by atoms with Gasteiger partial charge in [-0.25, -0.2) is 0 Å². The molecule has 0 aromatic rings. The average molecular weight is 115 g/mol. The van der Waals surface area contributed by atoms with Gasteiger partial charge in [0.05, 0.1) is 6.10 Å². The largest absolute Gasteiger partial charge is 0.381 e. The van der Waals surface area contributed by atoms with Gasteiger partial charge in [0.2, 0.25) is 0 Å². The fourth-order valence-electron chi connectivity index (χ4n) is 1.15. The highest BCUT2D eigenvalue weighted by molar-refractivity contribution is 4.95. The van der Waals surface area contributed by atoms with E-state index in [0.717, 1.165) is 12.8 Å². The van der Waals surface area contributed by atoms with E-state index in [1.165, 1.54) is 0 Å². The predicted octanol–water partition coefficient (Wildman–Crippen LogP) is 0.513. The van der Waals surface area contributed by atoms with Gasteiger partial charge in [-0.05, 0) is 19.8 Å². The van der Waals surface area contributed by atoms with Gasteiger partial charge < -0.3 is 10.5 Å². The van der Waals surface area contributed by atoms with Crippen LogP contribution in [0.4, 0.5) is 0 Å². The van der Waals surface area contributed by atoms with Crippen molar-refractivity contribution in [3.05, 3.63) is 0 Å². The number of rotatable bonds is 1. The summed E-state index contributed by atoms with van der Waals surface area (Å²) in [5.74, 6) is 0. The van der Waals surface area contributed by atoms with E-state index in [4.69, 9.17) is 10.5 Å². The smallest absolute Gasteiger partial charge is 0.0606 e. The van der Waals surface area contributed by atoms with Crippen molar-refractivity contribution in [2.24, 2.45) is 5.73 Å². The Morgan fingerprint density at radius 2 is 2.12 bits per heavy atom. The van der Waals surface area contributed by atoms with Gasteiger partial charge in [0.1, 0.15) is 0 Å². The molecule has 0 aromatic heterocycles. The molecule has 1 aliphatic carbocycles. The zero-order valence-corrected chi connectivity index (χ0v) is 5.48. The molecule has 0 bridgehead atoms. The van der Waals surface area contributed by atoms with E-state index >= 15 is 0 Å². The molecule has 0 radical (unpaired) electrons. The first-order chi connectivity index (χ1) is 3.64. The standard InChI is InChI=1S/C6H13NO/c1-6(7)3-5(4-6)8-2/h5H,3-4,7H2,1-2H3. The van der Waals surface area contributed by atoms with Gasteiger partial charge in [-0.2, -0.15) is 0 Å². The highest BCUT2D eigenvalue weighted by Gasteiger charge is 2.36. The Bertz CT molecular complexity index is 82.5. The minimum absolute atomic E-state index is 0.0701. The molecule has 1 aliphatic rings. The molecule has 2 heteroatoms. The summed E-state index contributed by atoms with van der Waals surface area (Å²) in [6.07, 6.45) is 2.47. The van der Waals surface area contributed by atoms with Crippen LogP contribution in [0.25, 0.3) is 0 Å². The zero-order chi connectivity index (χ0) is 6.20. The van der Waals surface area contributed by atoms with Gasteiger partial charge >= 0.3 is 0 Å². The summed E-state index contributed by atoms with van der Waals surface area (Å²) in [5.41, 5.74) is 5.78. The Morgan fingerprint density at radius 3 is 2.25 bits per heavy atom. The summed E-state index contributed by atoms with van der Waals surface area (Å²) in [4.78, 5) is 0. The molecule has 0 heterocycles. The maximum Gasteiger partial charge on any atom is 0.0606 e. The molecule has 8 heavy (non-hydrogen) atoms. The molecule has 1 saturated carbocycles. The van der Waals surface area contributed by atoms with Crippen LogP contribution in [0, 0.1) is 0 Å². The Balaban J connectivity index is 2.21. The maximum absolute atomic E-state index is 5.71. The molecule has 0 aromatic carbocycles. The van der Waals surface area contributed by atoms with E-state index in [-0.39, 0.29) is 5.54 Å². The first-order valence-corrected chi connectivity index (χ1v) is 2.96. The predicted molar refractivity (Wildman–Crippen MR) is 32.6 cm³/mol. The van der Waals surface area contributed by atoms with Crippen LogP contribution in [0.5, 0.6) is 0 Å². The minimum atomic E-state index is 0.0701. The summed E-state index contributed by atoms with van der Waals surface area (Å²) in [6.45, 7) is 2.06. The quantitative estimate of drug-likeness (QED) is 0.540. The summed E-state index contributed by atoms with van der Waals surface area (Å²) in [7, 11) is 1.74. The topological polar surface area (TPSA) is 35.2 Å². The summed E-state index contributed by atoms with van der Waals surface area (Å²) >= 11 is 0. The second-order valence-electron chi connectivity index (χ2n) is 2.92. The van der Waals surface area contributed by atoms with Crippen molar-refractivity contribution in [2.45, 2.75) is 31.4 Å². The molecule has 0 saturated heterocycles. The van der Waals surface area contributed by atoms with Gasteiger partial charge in [0.15, 0.2) is 0 Å². The lowest BCUT2D eigenvalue weighted by atomic mass is 9.77. The van der Waals surface area contributed by atoms with Gasteiger partial charge in [-0.1, -0.05) is 0 Å². The molecule has 0 spiro atoms. The second-order valence-corrected chi connectivity index (χ2v) is 2.92. The van der Waals surface area contributed by atoms with Crippen LogP contribution in [0.2, 0.25) is 0 Å². The molecule has 0 amide bonds. The van der Waals surface area contributed by atoms with Crippen molar-refractivity contribution in [2.75, 3.05) is 7.11 Å². The highest BCUT2D eigenvalue weighted by Crippen LogP contribution is 2.30. The number of hydrogen-bond acceptors (Lipinski definition) is 2. The molecular weight excluding hydrogens is 102 g/mol. The highest BCUT2D eigenvalue weighted by atomic mass is 16.5. The molecular formula is C6H13NO. The lowest BCUT2D eigenvalue weighted by molar-refractivity contribution is -0.00683. The number of methoxy groups -OCH3 is 1. The van der Waals surface area contributed by atoms with Crippen LogP contribution in [0.1, 0.15) is 19.8 Å². The molecule has 0 atom stereocenters. The van der Waals surface area contributed by atoms with Crippen molar-refractivity contribution in [1.29, 1.82) is 0 Å². The van der Waals surface area contributed by atoms with Crippen LogP contribution >= 0.6 is 0 Å². The Hall–Kier alpha value is -0.0800. The van der Waals surface area contributed by atoms with Gasteiger partial charge in [-0.15, -0.1) is 0 Å². The van der Waals surface area contributed by atoms with Gasteiger partial charge in [-0.3, -0.25) is 0 Å². The summed E-state index contributed by atoms with van der Waals surface area (Å²) in [6, 6.07) is 0. The zero-order valence-electron chi connectivity index (χ0n) is 5.48. The lowest BCUT2D eigenvalue weighted by Gasteiger charge is -2.41. The Labute approximate surface area is 50.0 Å². The van der Waals surface area contributed by atoms with Crippen LogP contribution in [-0.2, 0) is 4.74 Å². The maximum atomic E-state index is 5.71. The molecule has 0 aliphatic heterocycles. The number of ether oxygens (including phenoxy) is 1. The second kappa shape index (κ2) is 1.71. The summed E-state index contributed by atoms with van der Waals surface area (Å²) in [5, 5.41) is 0. The van der Waals surface area contributed by atoms with Crippen molar-refractivity contribution in [1.82, 2.24) is 0 Å². The summed E-state index contributed by atoms with van der Waals surface area (Å²) < 4.78 is 5.04. The molecule has 2 nitrogen and oxygen atoms in total. The normalized spacial score (nSPS) is 46.1. The van der Waals surface area contributed by atoms with Crippen LogP contribution < -0.4 is 5.73 Å². The number of nitrogens with two attached hydrogens (primary N) is 1. The molecule has 1 fully saturated rings. The Kier molecular flexibility index (Phi) is 1.29. The van der Waals surface area contributed by atoms with E-state index in [1.807, 2.05) is 0 Å². The monoisotopic (exact) mass is 115 g/mol. The molecule has 1 rings (SSSR count). The third kappa shape index (κ3) is 1.01. The third-order valence-electron chi connectivity index (χ3n) is 1.72. The van der Waals surface area contributed by atoms with Crippen molar-refractivity contribution in [3.8, 4) is 0 Å².